The molecule has 0 aromatic heterocycles. The third-order valence-electron chi connectivity index (χ3n) is 4.92. The molecule has 1 amide bonds. The summed E-state index contributed by atoms with van der Waals surface area (Å²) >= 11 is 0. The molecule has 0 bridgehead atoms. The van der Waals surface area contributed by atoms with Crippen LogP contribution in [0.25, 0.3) is 0 Å². The molecular weight excluding hydrogens is 316 g/mol. The molecule has 0 aliphatic carbocycles. The van der Waals surface area contributed by atoms with Gasteiger partial charge in [0.05, 0.1) is 26.8 Å². The molecule has 1 rings (SSSR count). The second-order valence-electron chi connectivity index (χ2n) is 6.58. The van der Waals surface area contributed by atoms with E-state index in [2.05, 4.69) is 37.9 Å². The van der Waals surface area contributed by atoms with Crippen LogP contribution in [0.15, 0.2) is 18.2 Å². The third-order valence-corrected chi connectivity index (χ3v) is 4.92. The Morgan fingerprint density at radius 2 is 1.68 bits per heavy atom. The zero-order valence-electron chi connectivity index (χ0n) is 16.8. The van der Waals surface area contributed by atoms with E-state index in [1.54, 1.807) is 14.2 Å². The van der Waals surface area contributed by atoms with Crippen LogP contribution in [0.3, 0.4) is 0 Å². The van der Waals surface area contributed by atoms with Gasteiger partial charge in [0.15, 0.2) is 0 Å². The lowest BCUT2D eigenvalue weighted by Crippen LogP contribution is -2.46. The Morgan fingerprint density at radius 3 is 2.16 bits per heavy atom. The number of rotatable bonds is 10. The fourth-order valence-corrected chi connectivity index (χ4v) is 2.92. The van der Waals surface area contributed by atoms with Gasteiger partial charge in [-0.1, -0.05) is 13.8 Å². The van der Waals surface area contributed by atoms with Gasteiger partial charge in [-0.2, -0.15) is 0 Å². The van der Waals surface area contributed by atoms with Crippen molar-refractivity contribution < 1.29 is 14.3 Å². The molecule has 0 saturated heterocycles. The highest BCUT2D eigenvalue weighted by Gasteiger charge is 2.22. The van der Waals surface area contributed by atoms with Gasteiger partial charge in [0.25, 0.3) is 0 Å². The van der Waals surface area contributed by atoms with Crippen molar-refractivity contribution in [3.05, 3.63) is 23.8 Å². The Bertz CT molecular complexity index is 538. The topological polar surface area (TPSA) is 50.8 Å². The first-order chi connectivity index (χ1) is 11.9. The number of nitrogens with one attached hydrogen (secondary N) is 1. The smallest absolute Gasteiger partial charge is 0.234 e. The van der Waals surface area contributed by atoms with Gasteiger partial charge >= 0.3 is 0 Å². The van der Waals surface area contributed by atoms with Gasteiger partial charge in [0.1, 0.15) is 11.5 Å². The van der Waals surface area contributed by atoms with E-state index >= 15 is 0 Å². The lowest BCUT2D eigenvalue weighted by atomic mass is 10.1. The molecule has 5 heteroatoms. The summed E-state index contributed by atoms with van der Waals surface area (Å²) in [5, 5.41) is 3.09. The molecule has 1 aromatic carbocycles. The molecule has 0 radical (unpaired) electrons. The van der Waals surface area contributed by atoms with Crippen molar-refractivity contribution in [1.82, 2.24) is 10.2 Å². The minimum atomic E-state index is -0.159. The van der Waals surface area contributed by atoms with Gasteiger partial charge in [-0.25, -0.2) is 0 Å². The molecule has 0 fully saturated rings. The normalized spacial score (nSPS) is 14.7. The molecule has 1 aromatic rings. The van der Waals surface area contributed by atoms with Crippen molar-refractivity contribution in [2.75, 3.05) is 20.8 Å². The number of amides is 1. The summed E-state index contributed by atoms with van der Waals surface area (Å²) in [4.78, 5) is 14.9. The molecule has 0 saturated carbocycles. The van der Waals surface area contributed by atoms with Crippen LogP contribution in [0.1, 0.15) is 59.1 Å². The summed E-state index contributed by atoms with van der Waals surface area (Å²) in [6, 6.07) is 6.22. The predicted molar refractivity (Wildman–Crippen MR) is 102 cm³/mol. The summed E-state index contributed by atoms with van der Waals surface area (Å²) < 4.78 is 10.7. The number of hydrogen-bond donors (Lipinski definition) is 1. The van der Waals surface area contributed by atoms with E-state index in [1.807, 2.05) is 25.1 Å². The monoisotopic (exact) mass is 350 g/mol. The van der Waals surface area contributed by atoms with Crippen molar-refractivity contribution in [2.45, 2.75) is 65.6 Å². The first-order valence-electron chi connectivity index (χ1n) is 9.14. The molecule has 3 atom stereocenters. The maximum atomic E-state index is 12.6. The van der Waals surface area contributed by atoms with E-state index in [9.17, 15) is 4.79 Å². The SMILES string of the molecule is CC[C@@H](C)N(CC(=O)N[C@@H](C)c1cc(OC)ccc1OC)[C@@H](C)CC. The van der Waals surface area contributed by atoms with Crippen molar-refractivity contribution in [3.63, 3.8) is 0 Å². The van der Waals surface area contributed by atoms with Gasteiger partial charge in [-0.05, 0) is 51.8 Å². The van der Waals surface area contributed by atoms with Crippen LogP contribution >= 0.6 is 0 Å². The fourth-order valence-electron chi connectivity index (χ4n) is 2.92. The average molecular weight is 351 g/mol. The quantitative estimate of drug-likeness (QED) is 0.698. The van der Waals surface area contributed by atoms with Crippen LogP contribution in [0, 0.1) is 0 Å². The number of benzene rings is 1. The number of carbonyl (C=O) groups excluding carboxylic acids is 1. The molecule has 0 aliphatic heterocycles. The lowest BCUT2D eigenvalue weighted by Gasteiger charge is -2.33. The van der Waals surface area contributed by atoms with E-state index in [-0.39, 0.29) is 11.9 Å². The summed E-state index contributed by atoms with van der Waals surface area (Å²) in [5.41, 5.74) is 0.911. The van der Waals surface area contributed by atoms with Crippen molar-refractivity contribution in [1.29, 1.82) is 0 Å². The van der Waals surface area contributed by atoms with E-state index < -0.39 is 0 Å². The summed E-state index contributed by atoms with van der Waals surface area (Å²) in [6.07, 6.45) is 2.05. The minimum Gasteiger partial charge on any atom is -0.497 e. The summed E-state index contributed by atoms with van der Waals surface area (Å²) in [5.74, 6) is 1.52. The van der Waals surface area contributed by atoms with Gasteiger partial charge < -0.3 is 14.8 Å². The van der Waals surface area contributed by atoms with Crippen LogP contribution in [-0.4, -0.2) is 43.7 Å². The third kappa shape index (κ3) is 5.92. The molecule has 0 spiro atoms. The van der Waals surface area contributed by atoms with E-state index in [0.717, 1.165) is 29.9 Å². The number of nitrogens with zero attached hydrogens (tertiary/aromatic N) is 1. The highest BCUT2D eigenvalue weighted by atomic mass is 16.5. The maximum Gasteiger partial charge on any atom is 0.234 e. The zero-order valence-corrected chi connectivity index (χ0v) is 16.8. The van der Waals surface area contributed by atoms with Crippen LogP contribution in [-0.2, 0) is 4.79 Å². The van der Waals surface area contributed by atoms with Crippen molar-refractivity contribution in [3.8, 4) is 11.5 Å². The highest BCUT2D eigenvalue weighted by Crippen LogP contribution is 2.29. The second kappa shape index (κ2) is 10.3. The fraction of sp³-hybridized carbons (Fsp3) is 0.650. The Morgan fingerprint density at radius 1 is 1.08 bits per heavy atom. The molecule has 0 heterocycles. The maximum absolute atomic E-state index is 12.6. The lowest BCUT2D eigenvalue weighted by molar-refractivity contribution is -0.124. The first-order valence-corrected chi connectivity index (χ1v) is 9.14. The Balaban J connectivity index is 2.85. The molecule has 5 nitrogen and oxygen atoms in total. The van der Waals surface area contributed by atoms with E-state index in [1.165, 1.54) is 0 Å². The summed E-state index contributed by atoms with van der Waals surface area (Å²) in [7, 11) is 3.26. The number of ether oxygens (including phenoxy) is 2. The van der Waals surface area contributed by atoms with Gasteiger partial charge in [0, 0.05) is 17.6 Å². The molecule has 25 heavy (non-hydrogen) atoms. The highest BCUT2D eigenvalue weighted by molar-refractivity contribution is 5.78. The molecule has 0 aliphatic rings. The molecular formula is C20H34N2O3. The van der Waals surface area contributed by atoms with Crippen LogP contribution in [0.2, 0.25) is 0 Å². The first kappa shape index (κ1) is 21.3. The van der Waals surface area contributed by atoms with Gasteiger partial charge in [-0.3, -0.25) is 9.69 Å². The Kier molecular flexibility index (Phi) is 8.76. The van der Waals surface area contributed by atoms with Crippen LogP contribution in [0.4, 0.5) is 0 Å². The minimum absolute atomic E-state index is 0.0259. The molecule has 1 N–H and O–H groups in total. The van der Waals surface area contributed by atoms with Crippen LogP contribution < -0.4 is 14.8 Å². The number of carbonyl (C=O) groups is 1. The number of hydrogen-bond acceptors (Lipinski definition) is 4. The average Bonchev–Trinajstić information content (AvgIpc) is 2.63. The molecule has 142 valence electrons. The Hall–Kier alpha value is -1.75. The van der Waals surface area contributed by atoms with E-state index in [0.29, 0.717) is 18.6 Å². The zero-order chi connectivity index (χ0) is 19.0. The molecule has 0 unspecified atom stereocenters. The largest absolute Gasteiger partial charge is 0.497 e. The number of methoxy groups -OCH3 is 2. The predicted octanol–water partition coefficient (Wildman–Crippen LogP) is 3.78. The van der Waals surface area contributed by atoms with Crippen LogP contribution in [0.5, 0.6) is 11.5 Å². The second-order valence-corrected chi connectivity index (χ2v) is 6.58. The van der Waals surface area contributed by atoms with Gasteiger partial charge in [-0.15, -0.1) is 0 Å². The van der Waals surface area contributed by atoms with Crippen molar-refractivity contribution in [2.24, 2.45) is 0 Å². The van der Waals surface area contributed by atoms with E-state index in [4.69, 9.17) is 9.47 Å². The van der Waals surface area contributed by atoms with Gasteiger partial charge in [0.2, 0.25) is 5.91 Å². The Labute approximate surface area is 152 Å². The standard InChI is InChI=1S/C20H34N2O3/c1-8-14(3)22(15(4)9-2)13-20(23)21-16(5)18-12-17(24-6)10-11-19(18)25-7/h10-12,14-16H,8-9,13H2,1-7H3,(H,21,23)/t14-,15+,16-/m0/s1. The summed E-state index contributed by atoms with van der Waals surface area (Å²) in [6.45, 7) is 11.0. The van der Waals surface area contributed by atoms with Crippen molar-refractivity contribution >= 4 is 5.91 Å².